The monoisotopic (exact) mass is 439 g/mol. The summed E-state index contributed by atoms with van der Waals surface area (Å²) in [6.07, 6.45) is 2.19. The average molecular weight is 440 g/mol. The van der Waals surface area contributed by atoms with Crippen molar-refractivity contribution in [3.05, 3.63) is 58.6 Å². The number of ether oxygens (including phenoxy) is 1. The number of nitrogens with zero attached hydrogens (tertiary/aromatic N) is 1. The van der Waals surface area contributed by atoms with Gasteiger partial charge in [-0.3, -0.25) is 9.59 Å². The van der Waals surface area contributed by atoms with Crippen molar-refractivity contribution in [2.75, 3.05) is 13.2 Å². The van der Waals surface area contributed by atoms with E-state index in [-0.39, 0.29) is 25.2 Å². The molecular weight excluding hydrogens is 414 g/mol. The number of Topliss-reactive ketones (excluding diaryl/α,β-unsaturated/α-hetero) is 1. The molecule has 0 saturated heterocycles. The van der Waals surface area contributed by atoms with Crippen molar-refractivity contribution < 1.29 is 24.5 Å². The van der Waals surface area contributed by atoms with Crippen molar-refractivity contribution in [3.8, 4) is 5.75 Å². The number of thiazole rings is 1. The molecule has 1 aromatic heterocycles. The van der Waals surface area contributed by atoms with E-state index in [9.17, 15) is 14.7 Å². The van der Waals surface area contributed by atoms with Crippen molar-refractivity contribution in [1.29, 1.82) is 0 Å². The van der Waals surface area contributed by atoms with Gasteiger partial charge in [0.2, 0.25) is 0 Å². The number of carbonyl (C=O) groups excluding carboxylic acids is 1. The van der Waals surface area contributed by atoms with Gasteiger partial charge in [-0.1, -0.05) is 24.3 Å². The van der Waals surface area contributed by atoms with Gasteiger partial charge in [0.05, 0.1) is 28.3 Å². The molecule has 7 heteroatoms. The van der Waals surface area contributed by atoms with E-state index in [1.165, 1.54) is 11.3 Å². The van der Waals surface area contributed by atoms with Crippen LogP contribution in [0.5, 0.6) is 5.75 Å². The number of aliphatic hydroxyl groups is 1. The lowest BCUT2D eigenvalue weighted by Gasteiger charge is -2.25. The molecule has 0 spiro atoms. The zero-order chi connectivity index (χ0) is 21.8. The van der Waals surface area contributed by atoms with E-state index in [4.69, 9.17) is 9.84 Å². The van der Waals surface area contributed by atoms with Crippen LogP contribution in [0, 0.1) is 5.41 Å². The Morgan fingerprint density at radius 2 is 1.87 bits per heavy atom. The molecule has 4 rings (SSSR count). The second-order valence-electron chi connectivity index (χ2n) is 8.06. The van der Waals surface area contributed by atoms with Crippen LogP contribution >= 0.6 is 11.3 Å². The zero-order valence-electron chi connectivity index (χ0n) is 17.2. The Balaban J connectivity index is 1.45. The van der Waals surface area contributed by atoms with Crippen molar-refractivity contribution in [2.24, 2.45) is 5.41 Å². The molecule has 1 aliphatic carbocycles. The number of aliphatic carboxylic acids is 1. The van der Waals surface area contributed by atoms with Crippen molar-refractivity contribution in [1.82, 2.24) is 4.98 Å². The highest BCUT2D eigenvalue weighted by Crippen LogP contribution is 2.41. The molecule has 0 atom stereocenters. The Kier molecular flexibility index (Phi) is 6.34. The van der Waals surface area contributed by atoms with Gasteiger partial charge in [0.15, 0.2) is 0 Å². The number of rotatable bonds is 10. The maximum absolute atomic E-state index is 13.2. The first-order valence-corrected chi connectivity index (χ1v) is 11.3. The maximum Gasteiger partial charge on any atom is 0.304 e. The van der Waals surface area contributed by atoms with Gasteiger partial charge in [-0.05, 0) is 42.2 Å². The minimum absolute atomic E-state index is 0.00150. The first kappa shape index (κ1) is 21.5. The highest BCUT2D eigenvalue weighted by Gasteiger charge is 2.44. The molecule has 162 valence electrons. The molecule has 6 nitrogen and oxygen atoms in total. The van der Waals surface area contributed by atoms with Crippen molar-refractivity contribution in [3.63, 3.8) is 0 Å². The molecule has 0 radical (unpaired) electrons. The summed E-state index contributed by atoms with van der Waals surface area (Å²) in [6, 6.07) is 13.5. The lowest BCUT2D eigenvalue weighted by Crippen LogP contribution is -2.35. The summed E-state index contributed by atoms with van der Waals surface area (Å²) < 4.78 is 6.60. The van der Waals surface area contributed by atoms with Crippen LogP contribution in [0.2, 0.25) is 0 Å². The van der Waals surface area contributed by atoms with Gasteiger partial charge in [-0.25, -0.2) is 4.98 Å². The summed E-state index contributed by atoms with van der Waals surface area (Å²) >= 11 is 1.53. The van der Waals surface area contributed by atoms with Crippen LogP contribution in [0.3, 0.4) is 0 Å². The topological polar surface area (TPSA) is 96.7 Å². The van der Waals surface area contributed by atoms with Crippen LogP contribution in [0.4, 0.5) is 0 Å². The SMILES string of the molecule is O=C(O)CC1(C(=O)CCc2nc3ccc(OCCCO)cc3s2)Cc2ccccc2C1. The summed E-state index contributed by atoms with van der Waals surface area (Å²) in [5, 5.41) is 19.2. The van der Waals surface area contributed by atoms with Gasteiger partial charge in [0.1, 0.15) is 11.5 Å². The number of hydrogen-bond acceptors (Lipinski definition) is 6. The van der Waals surface area contributed by atoms with Gasteiger partial charge in [-0.15, -0.1) is 11.3 Å². The van der Waals surface area contributed by atoms with Gasteiger partial charge in [0, 0.05) is 31.3 Å². The average Bonchev–Trinajstić information content (AvgIpc) is 3.32. The molecule has 0 unspecified atom stereocenters. The molecule has 0 amide bonds. The standard InChI is InChI=1S/C24H25NO5S/c26-10-3-11-30-18-6-7-19-20(12-18)31-22(25-19)9-8-21(27)24(15-23(28)29)13-16-4-1-2-5-17(16)14-24/h1-2,4-7,12,26H,3,8-11,13-15H2,(H,28,29). The fraction of sp³-hybridized carbons (Fsp3) is 0.375. The van der Waals surface area contributed by atoms with Crippen LogP contribution in [-0.4, -0.2) is 40.2 Å². The summed E-state index contributed by atoms with van der Waals surface area (Å²) in [4.78, 5) is 29.4. The first-order valence-electron chi connectivity index (χ1n) is 10.4. The molecule has 0 fully saturated rings. The molecule has 2 N–H and O–H groups in total. The Labute approximate surface area is 184 Å². The highest BCUT2D eigenvalue weighted by molar-refractivity contribution is 7.18. The van der Waals surface area contributed by atoms with Gasteiger partial charge in [0.25, 0.3) is 0 Å². The Hall–Kier alpha value is -2.77. The van der Waals surface area contributed by atoms with E-state index in [0.29, 0.717) is 32.3 Å². The summed E-state index contributed by atoms with van der Waals surface area (Å²) in [5.74, 6) is -0.204. The molecule has 0 aliphatic heterocycles. The summed E-state index contributed by atoms with van der Waals surface area (Å²) in [6.45, 7) is 0.547. The normalized spacial score (nSPS) is 14.5. The number of carbonyl (C=O) groups is 2. The number of benzene rings is 2. The van der Waals surface area contributed by atoms with Crippen LogP contribution in [0.1, 0.15) is 35.4 Å². The van der Waals surface area contributed by atoms with Crippen LogP contribution < -0.4 is 4.74 Å². The number of aryl methyl sites for hydroxylation is 1. The lowest BCUT2D eigenvalue weighted by atomic mass is 9.76. The van der Waals surface area contributed by atoms with E-state index in [2.05, 4.69) is 4.98 Å². The summed E-state index contributed by atoms with van der Waals surface area (Å²) in [7, 11) is 0. The van der Waals surface area contributed by atoms with E-state index in [0.717, 1.165) is 32.1 Å². The minimum Gasteiger partial charge on any atom is -0.493 e. The number of fused-ring (bicyclic) bond motifs is 2. The Morgan fingerprint density at radius 1 is 1.13 bits per heavy atom. The Bertz CT molecular complexity index is 1080. The van der Waals surface area contributed by atoms with Crippen LogP contribution in [0.15, 0.2) is 42.5 Å². The fourth-order valence-electron chi connectivity index (χ4n) is 4.29. The van der Waals surface area contributed by atoms with Gasteiger partial charge in [-0.2, -0.15) is 0 Å². The maximum atomic E-state index is 13.2. The lowest BCUT2D eigenvalue weighted by molar-refractivity contribution is -0.144. The molecule has 1 aliphatic rings. The Morgan fingerprint density at radius 3 is 2.55 bits per heavy atom. The molecule has 2 aromatic carbocycles. The fourth-order valence-corrected chi connectivity index (χ4v) is 5.29. The molecule has 31 heavy (non-hydrogen) atoms. The zero-order valence-corrected chi connectivity index (χ0v) is 18.0. The summed E-state index contributed by atoms with van der Waals surface area (Å²) in [5.41, 5.74) is 2.15. The number of carboxylic acid groups (broad SMARTS) is 1. The third-order valence-corrected chi connectivity index (χ3v) is 6.88. The molecule has 0 saturated carbocycles. The van der Waals surface area contributed by atoms with E-state index in [1.54, 1.807) is 0 Å². The van der Waals surface area contributed by atoms with Gasteiger partial charge < -0.3 is 14.9 Å². The van der Waals surface area contributed by atoms with Crippen molar-refractivity contribution >= 4 is 33.3 Å². The predicted octanol–water partition coefficient (Wildman–Crippen LogP) is 3.82. The highest BCUT2D eigenvalue weighted by atomic mass is 32.1. The molecule has 3 aromatic rings. The third kappa shape index (κ3) is 4.78. The smallest absolute Gasteiger partial charge is 0.304 e. The number of aromatic nitrogens is 1. The number of aliphatic hydroxyl groups excluding tert-OH is 1. The van der Waals surface area contributed by atoms with E-state index >= 15 is 0 Å². The number of carboxylic acids is 1. The molecule has 0 bridgehead atoms. The molecular formula is C24H25NO5S. The third-order valence-electron chi connectivity index (χ3n) is 5.80. The van der Waals surface area contributed by atoms with Gasteiger partial charge >= 0.3 is 5.97 Å². The minimum atomic E-state index is -0.935. The predicted molar refractivity (Wildman–Crippen MR) is 119 cm³/mol. The van der Waals surface area contributed by atoms with E-state index < -0.39 is 11.4 Å². The largest absolute Gasteiger partial charge is 0.493 e. The quantitative estimate of drug-likeness (QED) is 0.466. The van der Waals surface area contributed by atoms with Crippen molar-refractivity contribution in [2.45, 2.75) is 38.5 Å². The second kappa shape index (κ2) is 9.16. The van der Waals surface area contributed by atoms with Crippen LogP contribution in [0.25, 0.3) is 10.2 Å². The van der Waals surface area contributed by atoms with E-state index in [1.807, 2.05) is 42.5 Å². The first-order chi connectivity index (χ1) is 15.0. The number of hydrogen-bond donors (Lipinski definition) is 2. The van der Waals surface area contributed by atoms with Crippen LogP contribution in [-0.2, 0) is 28.9 Å². The number of ketones is 1. The molecule has 1 heterocycles. The second-order valence-corrected chi connectivity index (χ2v) is 9.17.